The number of pyridine rings is 1. The van der Waals surface area contributed by atoms with Crippen LogP contribution in [0.25, 0.3) is 16.0 Å². The van der Waals surface area contributed by atoms with Gasteiger partial charge in [0.2, 0.25) is 0 Å². The van der Waals surface area contributed by atoms with Crippen molar-refractivity contribution < 1.29 is 19.1 Å². The Morgan fingerprint density at radius 1 is 1.12 bits per heavy atom. The first-order valence-corrected chi connectivity index (χ1v) is 10.7. The number of fused-ring (bicyclic) bond motifs is 1. The van der Waals surface area contributed by atoms with E-state index < -0.39 is 23.5 Å². The molecule has 2 aromatic heterocycles. The van der Waals surface area contributed by atoms with Gasteiger partial charge in [-0.2, -0.15) is 0 Å². The van der Waals surface area contributed by atoms with Gasteiger partial charge >= 0.3 is 5.91 Å². The molecule has 0 bridgehead atoms. The molecule has 0 saturated carbocycles. The topological polar surface area (TPSA) is 83.4 Å². The first-order valence-electron chi connectivity index (χ1n) is 9.47. The lowest BCUT2D eigenvalue weighted by molar-refractivity contribution is -0.132. The smallest absolute Gasteiger partial charge is 0.301 e. The van der Waals surface area contributed by atoms with Gasteiger partial charge in [-0.25, -0.2) is 9.37 Å². The molecule has 1 saturated heterocycles. The predicted molar refractivity (Wildman–Crippen MR) is 120 cm³/mol. The molecule has 1 aliphatic heterocycles. The van der Waals surface area contributed by atoms with Crippen molar-refractivity contribution in [3.63, 3.8) is 0 Å². The van der Waals surface area contributed by atoms with Gasteiger partial charge in [-0.1, -0.05) is 59.3 Å². The molecule has 0 aliphatic carbocycles. The zero-order valence-electron chi connectivity index (χ0n) is 16.2. The van der Waals surface area contributed by atoms with Gasteiger partial charge in [-0.3, -0.25) is 19.5 Å². The van der Waals surface area contributed by atoms with Crippen LogP contribution in [0.2, 0.25) is 5.02 Å². The molecule has 158 valence electrons. The molecule has 9 heteroatoms. The van der Waals surface area contributed by atoms with Crippen LogP contribution < -0.4 is 4.90 Å². The van der Waals surface area contributed by atoms with Gasteiger partial charge in [0.1, 0.15) is 11.6 Å². The molecule has 5 rings (SSSR count). The highest BCUT2D eigenvalue weighted by atomic mass is 35.5. The maximum absolute atomic E-state index is 13.9. The lowest BCUT2D eigenvalue weighted by atomic mass is 9.96. The lowest BCUT2D eigenvalue weighted by Gasteiger charge is -2.22. The molecule has 2 aromatic carbocycles. The summed E-state index contributed by atoms with van der Waals surface area (Å²) in [6, 6.07) is 13.5. The molecule has 1 aliphatic rings. The number of benzene rings is 2. The zero-order valence-corrected chi connectivity index (χ0v) is 17.8. The molecule has 4 aromatic rings. The molecular formula is C23H13ClFN3O3S. The van der Waals surface area contributed by atoms with Crippen molar-refractivity contribution in [1.82, 2.24) is 9.97 Å². The summed E-state index contributed by atoms with van der Waals surface area (Å²) in [7, 11) is 0. The summed E-state index contributed by atoms with van der Waals surface area (Å²) in [5.41, 5.74) is 1.24. The van der Waals surface area contributed by atoms with Crippen LogP contribution in [0.5, 0.6) is 0 Å². The van der Waals surface area contributed by atoms with Crippen molar-refractivity contribution >= 4 is 55.7 Å². The van der Waals surface area contributed by atoms with Crippen LogP contribution in [0, 0.1) is 5.82 Å². The van der Waals surface area contributed by atoms with E-state index in [1.54, 1.807) is 48.7 Å². The van der Waals surface area contributed by atoms with Crippen molar-refractivity contribution in [2.24, 2.45) is 0 Å². The summed E-state index contributed by atoms with van der Waals surface area (Å²) < 4.78 is 14.4. The summed E-state index contributed by atoms with van der Waals surface area (Å²) in [5.74, 6) is -2.59. The first-order chi connectivity index (χ1) is 15.5. The van der Waals surface area contributed by atoms with Gasteiger partial charge in [0.05, 0.1) is 26.9 Å². The number of amides is 1. The van der Waals surface area contributed by atoms with E-state index in [1.807, 2.05) is 0 Å². The number of aromatic nitrogens is 2. The molecule has 32 heavy (non-hydrogen) atoms. The van der Waals surface area contributed by atoms with Gasteiger partial charge in [-0.05, 0) is 23.8 Å². The molecule has 1 atom stereocenters. The summed E-state index contributed by atoms with van der Waals surface area (Å²) >= 11 is 6.92. The quantitative estimate of drug-likeness (QED) is 0.258. The second-order valence-electron chi connectivity index (χ2n) is 7.05. The average Bonchev–Trinajstić information content (AvgIpc) is 3.32. The maximum Gasteiger partial charge on any atom is 0.301 e. The van der Waals surface area contributed by atoms with Crippen LogP contribution in [-0.4, -0.2) is 26.8 Å². The number of carbonyl (C=O) groups excluding carboxylic acids is 2. The van der Waals surface area contributed by atoms with E-state index in [1.165, 1.54) is 23.2 Å². The van der Waals surface area contributed by atoms with Crippen molar-refractivity contribution in [3.8, 4) is 0 Å². The fourth-order valence-electron chi connectivity index (χ4n) is 3.65. The standard InChI is InChI=1S/C23H13ClFN3O3S/c24-14-9-16-17(10-15(14)25)32-23(27-16)28-19(13-7-4-8-26-11-13)18(21(30)22(28)31)20(29)12-5-2-1-3-6-12/h1-11,19,29H/b20-18+. The van der Waals surface area contributed by atoms with Crippen LogP contribution >= 0.6 is 22.9 Å². The third kappa shape index (κ3) is 3.24. The third-order valence-electron chi connectivity index (χ3n) is 5.12. The van der Waals surface area contributed by atoms with Crippen molar-refractivity contribution in [2.75, 3.05) is 4.90 Å². The van der Waals surface area contributed by atoms with Crippen molar-refractivity contribution in [2.45, 2.75) is 6.04 Å². The number of rotatable bonds is 3. The Balaban J connectivity index is 1.73. The number of ketones is 1. The Bertz CT molecular complexity index is 1370. The third-order valence-corrected chi connectivity index (χ3v) is 6.42. The van der Waals surface area contributed by atoms with E-state index in [-0.39, 0.29) is 21.5 Å². The molecule has 1 amide bonds. The molecule has 0 radical (unpaired) electrons. The van der Waals surface area contributed by atoms with E-state index in [9.17, 15) is 19.1 Å². The lowest BCUT2D eigenvalue weighted by Crippen LogP contribution is -2.29. The number of thiazole rings is 1. The Hall–Kier alpha value is -3.62. The van der Waals surface area contributed by atoms with Gasteiger partial charge in [0, 0.05) is 18.0 Å². The summed E-state index contributed by atoms with van der Waals surface area (Å²) in [6.07, 6.45) is 3.08. The average molecular weight is 466 g/mol. The number of hydrogen-bond donors (Lipinski definition) is 1. The summed E-state index contributed by atoms with van der Waals surface area (Å²) in [6.45, 7) is 0. The number of Topliss-reactive ketones (excluding diaryl/α,β-unsaturated/α-hetero) is 1. The largest absolute Gasteiger partial charge is 0.507 e. The Labute approximate surface area is 190 Å². The molecule has 1 fully saturated rings. The van der Waals surface area contributed by atoms with Gasteiger partial charge in [-0.15, -0.1) is 0 Å². The van der Waals surface area contributed by atoms with Gasteiger partial charge < -0.3 is 5.11 Å². The highest BCUT2D eigenvalue weighted by Crippen LogP contribution is 2.44. The number of aliphatic hydroxyl groups is 1. The van der Waals surface area contributed by atoms with E-state index >= 15 is 0 Å². The Morgan fingerprint density at radius 3 is 2.62 bits per heavy atom. The number of aliphatic hydroxyl groups excluding tert-OH is 1. The van der Waals surface area contributed by atoms with E-state index in [2.05, 4.69) is 9.97 Å². The van der Waals surface area contributed by atoms with Crippen LogP contribution in [0.4, 0.5) is 9.52 Å². The van der Waals surface area contributed by atoms with Crippen molar-refractivity contribution in [1.29, 1.82) is 0 Å². The zero-order chi connectivity index (χ0) is 22.4. The van der Waals surface area contributed by atoms with Crippen LogP contribution in [0.15, 0.2) is 72.6 Å². The second kappa shape index (κ2) is 7.81. The number of halogens is 2. The van der Waals surface area contributed by atoms with E-state index in [4.69, 9.17) is 11.6 Å². The molecular weight excluding hydrogens is 453 g/mol. The number of anilines is 1. The van der Waals surface area contributed by atoms with Crippen LogP contribution in [-0.2, 0) is 9.59 Å². The van der Waals surface area contributed by atoms with Gasteiger partial charge in [0.25, 0.3) is 5.78 Å². The van der Waals surface area contributed by atoms with E-state index in [0.717, 1.165) is 11.3 Å². The second-order valence-corrected chi connectivity index (χ2v) is 8.47. The molecule has 1 unspecified atom stereocenters. The normalized spacial score (nSPS) is 17.9. The van der Waals surface area contributed by atoms with Gasteiger partial charge in [0.15, 0.2) is 5.13 Å². The minimum atomic E-state index is -0.954. The number of nitrogens with zero attached hydrogens (tertiary/aromatic N) is 3. The molecule has 1 N–H and O–H groups in total. The maximum atomic E-state index is 13.9. The minimum Gasteiger partial charge on any atom is -0.507 e. The van der Waals surface area contributed by atoms with E-state index in [0.29, 0.717) is 21.3 Å². The SMILES string of the molecule is O=C1C(=O)N(c2nc3cc(Cl)c(F)cc3s2)C(c2cccnc2)/C1=C(\O)c1ccccc1. The molecule has 3 heterocycles. The predicted octanol–water partition coefficient (Wildman–Crippen LogP) is 5.11. The van der Waals surface area contributed by atoms with Crippen molar-refractivity contribution in [3.05, 3.63) is 94.5 Å². The summed E-state index contributed by atoms with van der Waals surface area (Å²) in [5, 5.41) is 11.1. The molecule has 0 spiro atoms. The van der Waals surface area contributed by atoms with Crippen LogP contribution in [0.3, 0.4) is 0 Å². The monoisotopic (exact) mass is 465 g/mol. The Kier molecular flexibility index (Phi) is 4.96. The Morgan fingerprint density at radius 2 is 1.91 bits per heavy atom. The van der Waals surface area contributed by atoms with Crippen LogP contribution in [0.1, 0.15) is 17.2 Å². The fourth-order valence-corrected chi connectivity index (χ4v) is 4.81. The minimum absolute atomic E-state index is 0.0716. The number of carbonyl (C=O) groups is 2. The highest BCUT2D eigenvalue weighted by molar-refractivity contribution is 7.22. The highest BCUT2D eigenvalue weighted by Gasteiger charge is 2.48. The number of hydrogen-bond acceptors (Lipinski definition) is 6. The summed E-state index contributed by atoms with van der Waals surface area (Å²) in [4.78, 5) is 35.9. The fraction of sp³-hybridized carbons (Fsp3) is 0.0435. The molecule has 6 nitrogen and oxygen atoms in total. The first kappa shape index (κ1) is 20.3.